The van der Waals surface area contributed by atoms with E-state index >= 15 is 0 Å². The zero-order valence-electron chi connectivity index (χ0n) is 12.3. The summed E-state index contributed by atoms with van der Waals surface area (Å²) in [6.45, 7) is 0. The normalized spacial score (nSPS) is 11.2. The molecule has 6 heteroatoms. The van der Waals surface area contributed by atoms with Gasteiger partial charge in [-0.05, 0) is 41.9 Å². The summed E-state index contributed by atoms with van der Waals surface area (Å²) in [7, 11) is 0. The zero-order valence-corrected chi connectivity index (χ0v) is 14.7. The Morgan fingerprint density at radius 2 is 1.83 bits per heavy atom. The Labute approximate surface area is 148 Å². The van der Waals surface area contributed by atoms with Crippen LogP contribution in [0.1, 0.15) is 17.0 Å². The molecular formula is C17H15BrN4S. The molecule has 1 N–H and O–H groups in total. The van der Waals surface area contributed by atoms with Crippen LogP contribution in [-0.2, 0) is 12.8 Å². The van der Waals surface area contributed by atoms with E-state index in [-0.39, 0.29) is 0 Å². The summed E-state index contributed by atoms with van der Waals surface area (Å²) in [5.41, 5.74) is 2.27. The van der Waals surface area contributed by atoms with Gasteiger partial charge in [0.25, 0.3) is 0 Å². The number of benzene rings is 2. The Morgan fingerprint density at radius 3 is 2.57 bits per heavy atom. The molecule has 0 aliphatic heterocycles. The maximum absolute atomic E-state index is 5.26. The molecule has 0 amide bonds. The Kier molecular flexibility index (Phi) is 5.15. The molecule has 0 saturated heterocycles. The lowest BCUT2D eigenvalue weighted by molar-refractivity contribution is 0.750. The molecule has 0 saturated carbocycles. The highest BCUT2D eigenvalue weighted by molar-refractivity contribution is 9.10. The molecule has 0 aliphatic rings. The van der Waals surface area contributed by atoms with Crippen LogP contribution in [0.2, 0.25) is 0 Å². The lowest BCUT2D eigenvalue weighted by atomic mass is 10.1. The monoisotopic (exact) mass is 386 g/mol. The highest BCUT2D eigenvalue weighted by Crippen LogP contribution is 2.10. The van der Waals surface area contributed by atoms with Crippen molar-refractivity contribution in [2.45, 2.75) is 12.8 Å². The maximum atomic E-state index is 5.26. The molecule has 3 rings (SSSR count). The molecule has 0 aliphatic carbocycles. The van der Waals surface area contributed by atoms with Gasteiger partial charge in [-0.15, -0.1) is 0 Å². The van der Waals surface area contributed by atoms with E-state index in [0.717, 1.165) is 28.7 Å². The van der Waals surface area contributed by atoms with Crippen molar-refractivity contribution in [3.63, 3.8) is 0 Å². The minimum absolute atomic E-state index is 0.501. The second-order valence-electron chi connectivity index (χ2n) is 5.04. The van der Waals surface area contributed by atoms with Crippen molar-refractivity contribution in [2.24, 2.45) is 5.10 Å². The smallest absolute Gasteiger partial charge is 0.216 e. The first-order valence-electron chi connectivity index (χ1n) is 7.22. The number of halogens is 1. The minimum Gasteiger partial charge on any atom is -0.250 e. The van der Waals surface area contributed by atoms with Crippen molar-refractivity contribution in [3.05, 3.63) is 80.8 Å². The molecule has 0 radical (unpaired) electrons. The fraction of sp³-hybridized carbons (Fsp3) is 0.118. The predicted octanol–water partition coefficient (Wildman–Crippen LogP) is 4.37. The van der Waals surface area contributed by atoms with E-state index in [1.165, 1.54) is 5.56 Å². The number of hydrogen-bond acceptors (Lipinski definition) is 3. The minimum atomic E-state index is 0.501. The first-order valence-corrected chi connectivity index (χ1v) is 8.42. The second kappa shape index (κ2) is 7.48. The molecule has 0 bridgehead atoms. The van der Waals surface area contributed by atoms with Gasteiger partial charge in [-0.3, -0.25) is 5.10 Å². The molecule has 0 spiro atoms. The fourth-order valence-corrected chi connectivity index (χ4v) is 2.64. The van der Waals surface area contributed by atoms with Gasteiger partial charge in [0.2, 0.25) is 4.77 Å². The number of aromatic amines is 1. The van der Waals surface area contributed by atoms with E-state index < -0.39 is 0 Å². The number of aromatic nitrogens is 3. The van der Waals surface area contributed by atoms with Crippen LogP contribution >= 0.6 is 28.1 Å². The van der Waals surface area contributed by atoms with Gasteiger partial charge >= 0.3 is 0 Å². The highest BCUT2D eigenvalue weighted by atomic mass is 79.9. The third kappa shape index (κ3) is 4.24. The van der Waals surface area contributed by atoms with Gasteiger partial charge in [-0.25, -0.2) is 0 Å². The average Bonchev–Trinajstić information content (AvgIpc) is 2.93. The van der Waals surface area contributed by atoms with Crippen LogP contribution in [0, 0.1) is 4.77 Å². The molecule has 0 atom stereocenters. The summed E-state index contributed by atoms with van der Waals surface area (Å²) in [4.78, 5) is 0. The number of aryl methyl sites for hydroxylation is 2. The SMILES string of the molecule is S=c1[nH]nc(CCc2ccccc2)n1/N=C\c1ccc(Br)cc1. The summed E-state index contributed by atoms with van der Waals surface area (Å²) in [5, 5.41) is 11.6. The molecule has 116 valence electrons. The van der Waals surface area contributed by atoms with Crippen LogP contribution in [0.5, 0.6) is 0 Å². The topological polar surface area (TPSA) is 46.0 Å². The van der Waals surface area contributed by atoms with Gasteiger partial charge in [0, 0.05) is 10.9 Å². The standard InChI is InChI=1S/C17H15BrN4S/c18-15-9-6-14(7-10-15)12-19-22-16(20-21-17(22)23)11-8-13-4-2-1-3-5-13/h1-7,9-10,12H,8,11H2,(H,21,23)/b19-12-. The zero-order chi connectivity index (χ0) is 16.1. The van der Waals surface area contributed by atoms with E-state index in [9.17, 15) is 0 Å². The fourth-order valence-electron chi connectivity index (χ4n) is 2.18. The van der Waals surface area contributed by atoms with Crippen LogP contribution in [0.15, 0.2) is 64.2 Å². The average molecular weight is 387 g/mol. The predicted molar refractivity (Wildman–Crippen MR) is 98.4 cm³/mol. The van der Waals surface area contributed by atoms with E-state index in [1.807, 2.05) is 42.5 Å². The van der Waals surface area contributed by atoms with Gasteiger partial charge in [0.1, 0.15) is 0 Å². The van der Waals surface area contributed by atoms with E-state index in [4.69, 9.17) is 12.2 Å². The van der Waals surface area contributed by atoms with E-state index in [2.05, 4.69) is 43.4 Å². The molecule has 2 aromatic carbocycles. The largest absolute Gasteiger partial charge is 0.250 e. The van der Waals surface area contributed by atoms with Crippen LogP contribution in [0.25, 0.3) is 0 Å². The number of rotatable bonds is 5. The summed E-state index contributed by atoms with van der Waals surface area (Å²) in [6, 6.07) is 18.2. The Morgan fingerprint density at radius 1 is 1.09 bits per heavy atom. The molecular weight excluding hydrogens is 372 g/mol. The molecule has 3 aromatic rings. The first-order chi connectivity index (χ1) is 11.2. The number of H-pyrrole nitrogens is 1. The van der Waals surface area contributed by atoms with Crippen molar-refractivity contribution >= 4 is 34.4 Å². The highest BCUT2D eigenvalue weighted by Gasteiger charge is 2.05. The lowest BCUT2D eigenvalue weighted by Gasteiger charge is -2.01. The first kappa shape index (κ1) is 15.8. The van der Waals surface area contributed by atoms with Gasteiger partial charge in [0.15, 0.2) is 5.82 Å². The molecule has 0 unspecified atom stereocenters. The van der Waals surface area contributed by atoms with Crippen molar-refractivity contribution in [1.82, 2.24) is 14.9 Å². The van der Waals surface area contributed by atoms with E-state index in [1.54, 1.807) is 10.9 Å². The van der Waals surface area contributed by atoms with Crippen LogP contribution in [0.4, 0.5) is 0 Å². The Bertz CT molecular complexity index is 850. The third-order valence-corrected chi connectivity index (χ3v) is 4.18. The molecule has 1 aromatic heterocycles. The van der Waals surface area contributed by atoms with Crippen LogP contribution in [0.3, 0.4) is 0 Å². The number of nitrogens with one attached hydrogen (secondary N) is 1. The quantitative estimate of drug-likeness (QED) is 0.522. The van der Waals surface area contributed by atoms with Gasteiger partial charge in [-0.1, -0.05) is 58.4 Å². The second-order valence-corrected chi connectivity index (χ2v) is 6.34. The van der Waals surface area contributed by atoms with Gasteiger partial charge < -0.3 is 0 Å². The third-order valence-electron chi connectivity index (χ3n) is 3.39. The van der Waals surface area contributed by atoms with Crippen molar-refractivity contribution in [2.75, 3.05) is 0 Å². The molecule has 4 nitrogen and oxygen atoms in total. The van der Waals surface area contributed by atoms with E-state index in [0.29, 0.717) is 4.77 Å². The van der Waals surface area contributed by atoms with Crippen molar-refractivity contribution in [1.29, 1.82) is 0 Å². The molecule has 1 heterocycles. The maximum Gasteiger partial charge on any atom is 0.216 e. The molecule has 0 fully saturated rings. The number of hydrogen-bond donors (Lipinski definition) is 1. The van der Waals surface area contributed by atoms with Crippen LogP contribution < -0.4 is 0 Å². The Hall–Kier alpha value is -2.05. The number of nitrogens with zero attached hydrogens (tertiary/aromatic N) is 3. The van der Waals surface area contributed by atoms with Crippen molar-refractivity contribution in [3.8, 4) is 0 Å². The summed E-state index contributed by atoms with van der Waals surface area (Å²) < 4.78 is 3.22. The Balaban J connectivity index is 1.76. The molecule has 23 heavy (non-hydrogen) atoms. The van der Waals surface area contributed by atoms with Gasteiger partial charge in [0.05, 0.1) is 6.21 Å². The van der Waals surface area contributed by atoms with Crippen molar-refractivity contribution < 1.29 is 0 Å². The summed E-state index contributed by atoms with van der Waals surface area (Å²) in [5.74, 6) is 0.826. The lowest BCUT2D eigenvalue weighted by Crippen LogP contribution is -2.01. The summed E-state index contributed by atoms with van der Waals surface area (Å²) >= 11 is 8.68. The van der Waals surface area contributed by atoms with Crippen LogP contribution in [-0.4, -0.2) is 21.1 Å². The van der Waals surface area contributed by atoms with Gasteiger partial charge in [-0.2, -0.15) is 14.9 Å². The summed E-state index contributed by atoms with van der Waals surface area (Å²) in [6.07, 6.45) is 3.45.